The van der Waals surface area contributed by atoms with Gasteiger partial charge in [-0.2, -0.15) is 0 Å². The standard InChI is InChI=1S/C21H23ClN4O3S/c1-14(23-20(27)15-8-10-16(22)11-9-15)19-24-25-21(26(19)2)30-13-12-29-18-7-5-4-6-17(18)28-3/h4-11,14H,12-13H2,1-3H3,(H,23,27). The number of amides is 1. The van der Waals surface area contributed by atoms with Gasteiger partial charge in [-0.15, -0.1) is 10.2 Å². The highest BCUT2D eigenvalue weighted by Crippen LogP contribution is 2.26. The van der Waals surface area contributed by atoms with Crippen molar-refractivity contribution in [3.63, 3.8) is 0 Å². The number of benzene rings is 2. The third-order valence-corrected chi connectivity index (χ3v) is 5.59. The number of hydrogen-bond acceptors (Lipinski definition) is 6. The number of carbonyl (C=O) groups excluding carboxylic acids is 1. The van der Waals surface area contributed by atoms with Crippen LogP contribution in [0.3, 0.4) is 0 Å². The first kappa shape index (κ1) is 22.0. The number of nitrogens with one attached hydrogen (secondary N) is 1. The summed E-state index contributed by atoms with van der Waals surface area (Å²) in [7, 11) is 3.49. The first-order valence-electron chi connectivity index (χ1n) is 9.34. The SMILES string of the molecule is COc1ccccc1OCCSc1nnc(C(C)NC(=O)c2ccc(Cl)cc2)n1C. The van der Waals surface area contributed by atoms with Crippen molar-refractivity contribution in [2.45, 2.75) is 18.1 Å². The molecule has 1 atom stereocenters. The summed E-state index contributed by atoms with van der Waals surface area (Å²) < 4.78 is 12.9. The third kappa shape index (κ3) is 5.46. The molecule has 0 bridgehead atoms. The number of nitrogens with zero attached hydrogens (tertiary/aromatic N) is 3. The van der Waals surface area contributed by atoms with Gasteiger partial charge in [0.25, 0.3) is 5.91 Å². The maximum Gasteiger partial charge on any atom is 0.251 e. The van der Waals surface area contributed by atoms with E-state index in [2.05, 4.69) is 15.5 Å². The molecule has 0 spiro atoms. The quantitative estimate of drug-likeness (QED) is 0.393. The van der Waals surface area contributed by atoms with Gasteiger partial charge in [0, 0.05) is 23.4 Å². The topological polar surface area (TPSA) is 78.3 Å². The predicted octanol–water partition coefficient (Wildman–Crippen LogP) is 4.14. The van der Waals surface area contributed by atoms with Crippen LogP contribution in [0.5, 0.6) is 11.5 Å². The molecule has 7 nitrogen and oxygen atoms in total. The highest BCUT2D eigenvalue weighted by atomic mass is 35.5. The molecule has 1 heterocycles. The summed E-state index contributed by atoms with van der Waals surface area (Å²) in [4.78, 5) is 12.4. The number of ether oxygens (including phenoxy) is 2. The monoisotopic (exact) mass is 446 g/mol. The van der Waals surface area contributed by atoms with Gasteiger partial charge in [-0.3, -0.25) is 4.79 Å². The maximum absolute atomic E-state index is 12.4. The molecule has 0 saturated heterocycles. The minimum Gasteiger partial charge on any atom is -0.493 e. The minimum absolute atomic E-state index is 0.193. The molecule has 0 saturated carbocycles. The molecule has 2 aromatic carbocycles. The molecule has 158 valence electrons. The highest BCUT2D eigenvalue weighted by molar-refractivity contribution is 7.99. The van der Waals surface area contributed by atoms with Crippen LogP contribution in [0.15, 0.2) is 53.7 Å². The molecule has 1 aromatic heterocycles. The average Bonchev–Trinajstić information content (AvgIpc) is 3.12. The van der Waals surface area contributed by atoms with Gasteiger partial charge >= 0.3 is 0 Å². The number of halogens is 1. The van der Waals surface area contributed by atoms with Crippen LogP contribution >= 0.6 is 23.4 Å². The van der Waals surface area contributed by atoms with Crippen LogP contribution in [-0.4, -0.2) is 40.1 Å². The van der Waals surface area contributed by atoms with Crippen LogP contribution in [0.2, 0.25) is 5.02 Å². The summed E-state index contributed by atoms with van der Waals surface area (Å²) in [6, 6.07) is 14.0. The van der Waals surface area contributed by atoms with Gasteiger partial charge < -0.3 is 19.4 Å². The average molecular weight is 447 g/mol. The van der Waals surface area contributed by atoms with Gasteiger partial charge in [0.2, 0.25) is 0 Å². The van der Waals surface area contributed by atoms with Crippen molar-refractivity contribution >= 4 is 29.3 Å². The second kappa shape index (κ2) is 10.4. The molecule has 1 unspecified atom stereocenters. The summed E-state index contributed by atoms with van der Waals surface area (Å²) in [5.41, 5.74) is 0.538. The second-order valence-corrected chi connectivity index (χ2v) is 7.95. The summed E-state index contributed by atoms with van der Waals surface area (Å²) in [5.74, 6) is 2.58. The van der Waals surface area contributed by atoms with Gasteiger partial charge in [-0.25, -0.2) is 0 Å². The van der Waals surface area contributed by atoms with Gasteiger partial charge in [0.1, 0.15) is 0 Å². The Morgan fingerprint density at radius 3 is 2.57 bits per heavy atom. The largest absolute Gasteiger partial charge is 0.493 e. The number of para-hydroxylation sites is 2. The van der Waals surface area contributed by atoms with Crippen LogP contribution in [-0.2, 0) is 7.05 Å². The minimum atomic E-state index is -0.301. The van der Waals surface area contributed by atoms with Gasteiger partial charge in [-0.1, -0.05) is 35.5 Å². The van der Waals surface area contributed by atoms with Crippen LogP contribution in [0.1, 0.15) is 29.1 Å². The molecule has 0 radical (unpaired) electrons. The molecule has 0 aliphatic rings. The Hall–Kier alpha value is -2.71. The van der Waals surface area contributed by atoms with E-state index in [1.54, 1.807) is 31.4 Å². The van der Waals surface area contributed by atoms with Crippen LogP contribution in [0, 0.1) is 0 Å². The number of aromatic nitrogens is 3. The van der Waals surface area contributed by atoms with Crippen LogP contribution < -0.4 is 14.8 Å². The first-order chi connectivity index (χ1) is 14.5. The maximum atomic E-state index is 12.4. The Labute approximate surface area is 184 Å². The molecular weight excluding hydrogens is 424 g/mol. The molecule has 0 aliphatic heterocycles. The molecule has 3 aromatic rings. The van der Waals surface area contributed by atoms with Crippen molar-refractivity contribution in [1.82, 2.24) is 20.1 Å². The lowest BCUT2D eigenvalue weighted by Crippen LogP contribution is -2.28. The van der Waals surface area contributed by atoms with Gasteiger partial charge in [0.15, 0.2) is 22.5 Å². The second-order valence-electron chi connectivity index (χ2n) is 6.45. The summed E-state index contributed by atoms with van der Waals surface area (Å²) in [6.07, 6.45) is 0. The number of thioether (sulfide) groups is 1. The van der Waals surface area contributed by atoms with Crippen molar-refractivity contribution < 1.29 is 14.3 Å². The Morgan fingerprint density at radius 1 is 1.17 bits per heavy atom. The first-order valence-corrected chi connectivity index (χ1v) is 10.7. The van der Waals surface area contributed by atoms with Crippen molar-refractivity contribution in [1.29, 1.82) is 0 Å². The molecular formula is C21H23ClN4O3S. The zero-order valence-electron chi connectivity index (χ0n) is 17.0. The Morgan fingerprint density at radius 2 is 1.87 bits per heavy atom. The van der Waals surface area contributed by atoms with Crippen LogP contribution in [0.4, 0.5) is 0 Å². The molecule has 30 heavy (non-hydrogen) atoms. The lowest BCUT2D eigenvalue weighted by molar-refractivity contribution is 0.0937. The lowest BCUT2D eigenvalue weighted by Gasteiger charge is -2.14. The fourth-order valence-electron chi connectivity index (χ4n) is 2.80. The highest BCUT2D eigenvalue weighted by Gasteiger charge is 2.18. The fraction of sp³-hybridized carbons (Fsp3) is 0.286. The van der Waals surface area contributed by atoms with Gasteiger partial charge in [0.05, 0.1) is 19.8 Å². The molecule has 0 aliphatic carbocycles. The molecule has 3 rings (SSSR count). The molecule has 1 amide bonds. The van der Waals surface area contributed by atoms with Gasteiger partial charge in [-0.05, 0) is 43.3 Å². The van der Waals surface area contributed by atoms with E-state index in [9.17, 15) is 4.79 Å². The summed E-state index contributed by atoms with van der Waals surface area (Å²) in [5, 5.41) is 12.7. The summed E-state index contributed by atoms with van der Waals surface area (Å²) in [6.45, 7) is 2.37. The van der Waals surface area contributed by atoms with E-state index >= 15 is 0 Å². The van der Waals surface area contributed by atoms with E-state index in [1.165, 1.54) is 11.8 Å². The Bertz CT molecular complexity index is 994. The third-order valence-electron chi connectivity index (χ3n) is 4.35. The Kier molecular flexibility index (Phi) is 7.59. The van der Waals surface area contributed by atoms with Crippen LogP contribution in [0.25, 0.3) is 0 Å². The zero-order valence-corrected chi connectivity index (χ0v) is 18.5. The number of hydrogen-bond donors (Lipinski definition) is 1. The summed E-state index contributed by atoms with van der Waals surface area (Å²) >= 11 is 7.40. The predicted molar refractivity (Wildman–Crippen MR) is 118 cm³/mol. The van der Waals surface area contributed by atoms with E-state index in [4.69, 9.17) is 21.1 Å². The number of methoxy groups -OCH3 is 1. The Balaban J connectivity index is 1.53. The van der Waals surface area contributed by atoms with E-state index in [0.717, 1.165) is 5.16 Å². The van der Waals surface area contributed by atoms with Crippen molar-refractivity contribution in [2.75, 3.05) is 19.5 Å². The molecule has 0 fully saturated rings. The smallest absolute Gasteiger partial charge is 0.251 e. The van der Waals surface area contributed by atoms with Crippen molar-refractivity contribution in [2.24, 2.45) is 7.05 Å². The van der Waals surface area contributed by atoms with E-state index in [0.29, 0.717) is 40.3 Å². The van der Waals surface area contributed by atoms with Crippen molar-refractivity contribution in [3.05, 3.63) is 64.9 Å². The number of rotatable bonds is 9. The molecule has 9 heteroatoms. The number of carbonyl (C=O) groups is 1. The molecule has 1 N–H and O–H groups in total. The fourth-order valence-corrected chi connectivity index (χ4v) is 3.66. The van der Waals surface area contributed by atoms with Crippen molar-refractivity contribution in [3.8, 4) is 11.5 Å². The van der Waals surface area contributed by atoms with E-state index in [1.807, 2.05) is 42.8 Å². The lowest BCUT2D eigenvalue weighted by atomic mass is 10.2. The van der Waals surface area contributed by atoms with E-state index < -0.39 is 0 Å². The normalized spacial score (nSPS) is 11.7. The zero-order chi connectivity index (χ0) is 21.5. The van der Waals surface area contributed by atoms with E-state index in [-0.39, 0.29) is 11.9 Å².